The lowest BCUT2D eigenvalue weighted by Gasteiger charge is -2.27. The lowest BCUT2D eigenvalue weighted by atomic mass is 9.85. The molecule has 3 rings (SSSR count). The highest BCUT2D eigenvalue weighted by Gasteiger charge is 2.74. The Hall–Kier alpha value is -1.43. The summed E-state index contributed by atoms with van der Waals surface area (Å²) in [6.45, 7) is 5.26. The van der Waals surface area contributed by atoms with Crippen LogP contribution >= 0.6 is 0 Å². The van der Waals surface area contributed by atoms with Crippen LogP contribution in [0.5, 0.6) is 0 Å². The van der Waals surface area contributed by atoms with Gasteiger partial charge < -0.3 is 9.47 Å². The molecule has 0 spiro atoms. The number of fused-ring (bicyclic) bond motifs is 1. The molecule has 5 atom stereocenters. The van der Waals surface area contributed by atoms with E-state index in [4.69, 9.17) is 13.7 Å². The second-order valence-electron chi connectivity index (χ2n) is 6.07. The van der Waals surface area contributed by atoms with Crippen molar-refractivity contribution in [1.29, 1.82) is 5.26 Å². The first-order chi connectivity index (χ1) is 10.3. The van der Waals surface area contributed by atoms with E-state index in [9.17, 15) is 18.5 Å². The molecule has 8 heteroatoms. The van der Waals surface area contributed by atoms with Crippen molar-refractivity contribution in [2.45, 2.75) is 36.7 Å². The van der Waals surface area contributed by atoms with Crippen LogP contribution in [0, 0.1) is 23.2 Å². The van der Waals surface area contributed by atoms with Crippen LogP contribution in [0.1, 0.15) is 19.8 Å². The molecule has 2 saturated carbocycles. The van der Waals surface area contributed by atoms with Gasteiger partial charge in [-0.15, -0.1) is 0 Å². The van der Waals surface area contributed by atoms with Crippen molar-refractivity contribution in [2.24, 2.45) is 11.8 Å². The molecule has 120 valence electrons. The summed E-state index contributed by atoms with van der Waals surface area (Å²) < 4.78 is 38.6. The summed E-state index contributed by atoms with van der Waals surface area (Å²) in [5.74, 6) is -0.820. The van der Waals surface area contributed by atoms with Crippen molar-refractivity contribution in [3.05, 3.63) is 12.2 Å². The fourth-order valence-corrected chi connectivity index (χ4v) is 5.63. The summed E-state index contributed by atoms with van der Waals surface area (Å²) in [6, 6.07) is 1.96. The number of hydrogen-bond acceptors (Lipinski definition) is 7. The molecule has 0 aromatic rings. The Labute approximate surface area is 129 Å². The highest BCUT2D eigenvalue weighted by atomic mass is 32.2. The normalized spacial score (nSPS) is 40.4. The average molecular weight is 327 g/mol. The van der Waals surface area contributed by atoms with Crippen molar-refractivity contribution >= 4 is 16.1 Å². The van der Waals surface area contributed by atoms with Crippen molar-refractivity contribution in [3.8, 4) is 6.07 Å². The molecule has 5 unspecified atom stereocenters. The van der Waals surface area contributed by atoms with Crippen molar-refractivity contribution in [1.82, 2.24) is 0 Å². The third-order valence-electron chi connectivity index (χ3n) is 4.75. The van der Waals surface area contributed by atoms with Crippen LogP contribution in [0.15, 0.2) is 12.2 Å². The Kier molecular flexibility index (Phi) is 3.55. The molecule has 3 fully saturated rings. The van der Waals surface area contributed by atoms with Gasteiger partial charge in [-0.1, -0.05) is 6.58 Å². The number of nitrogens with zero attached hydrogens (tertiary/aromatic N) is 1. The van der Waals surface area contributed by atoms with Gasteiger partial charge in [0.2, 0.25) is 0 Å². The van der Waals surface area contributed by atoms with Gasteiger partial charge in [-0.05, 0) is 25.7 Å². The number of nitriles is 1. The van der Waals surface area contributed by atoms with Gasteiger partial charge in [0.05, 0.1) is 18.8 Å². The lowest BCUT2D eigenvalue weighted by Crippen LogP contribution is -2.43. The van der Waals surface area contributed by atoms with Gasteiger partial charge in [-0.2, -0.15) is 13.7 Å². The van der Waals surface area contributed by atoms with Gasteiger partial charge >= 0.3 is 5.97 Å². The molecule has 0 amide bonds. The zero-order chi connectivity index (χ0) is 16.1. The van der Waals surface area contributed by atoms with E-state index < -0.39 is 26.9 Å². The summed E-state index contributed by atoms with van der Waals surface area (Å²) in [7, 11) is -3.87. The minimum absolute atomic E-state index is 0.0104. The van der Waals surface area contributed by atoms with Crippen LogP contribution in [-0.4, -0.2) is 44.6 Å². The smallest absolute Gasteiger partial charge is 0.333 e. The van der Waals surface area contributed by atoms with Crippen molar-refractivity contribution in [3.63, 3.8) is 0 Å². The van der Waals surface area contributed by atoms with E-state index in [1.807, 2.05) is 6.07 Å². The topological polar surface area (TPSA) is 103 Å². The lowest BCUT2D eigenvalue weighted by molar-refractivity contribution is -0.142. The molecule has 1 saturated heterocycles. The zero-order valence-electron chi connectivity index (χ0n) is 12.1. The zero-order valence-corrected chi connectivity index (χ0v) is 13.0. The minimum atomic E-state index is -3.87. The number of esters is 1. The summed E-state index contributed by atoms with van der Waals surface area (Å²) in [5, 5.41) is 9.30. The number of rotatable bonds is 5. The molecule has 0 aromatic heterocycles. The number of ether oxygens (including phenoxy) is 2. The second-order valence-corrected chi connectivity index (χ2v) is 7.90. The Morgan fingerprint density at radius 2 is 2.23 bits per heavy atom. The molecular weight excluding hydrogens is 310 g/mol. The summed E-state index contributed by atoms with van der Waals surface area (Å²) in [6.07, 6.45) is -0.0933. The molecular formula is C14H17NO6S. The summed E-state index contributed by atoms with van der Waals surface area (Å²) in [5.41, 5.74) is 0.309. The first kappa shape index (κ1) is 15.5. The van der Waals surface area contributed by atoms with E-state index in [1.165, 1.54) is 0 Å². The van der Waals surface area contributed by atoms with Gasteiger partial charge in [-0.3, -0.25) is 4.18 Å². The quantitative estimate of drug-likeness (QED) is 0.314. The molecule has 3 aliphatic rings. The van der Waals surface area contributed by atoms with Crippen LogP contribution in [-0.2, 0) is 28.6 Å². The largest absolute Gasteiger partial charge is 0.460 e. The van der Waals surface area contributed by atoms with E-state index in [0.717, 1.165) is 0 Å². The Morgan fingerprint density at radius 3 is 2.86 bits per heavy atom. The van der Waals surface area contributed by atoms with Crippen LogP contribution in [0.3, 0.4) is 0 Å². The predicted octanol–water partition coefficient (Wildman–Crippen LogP) is 0.522. The molecule has 1 aliphatic heterocycles. The van der Waals surface area contributed by atoms with Crippen LogP contribution < -0.4 is 0 Å². The highest BCUT2D eigenvalue weighted by Crippen LogP contribution is 2.61. The van der Waals surface area contributed by atoms with Gasteiger partial charge in [0.25, 0.3) is 10.1 Å². The first-order valence-corrected chi connectivity index (χ1v) is 8.51. The fraction of sp³-hybridized carbons (Fsp3) is 0.714. The monoisotopic (exact) mass is 327 g/mol. The van der Waals surface area contributed by atoms with E-state index in [2.05, 4.69) is 6.58 Å². The van der Waals surface area contributed by atoms with Gasteiger partial charge in [0.1, 0.15) is 12.7 Å². The molecule has 0 radical (unpaired) electrons. The van der Waals surface area contributed by atoms with E-state index >= 15 is 0 Å². The second kappa shape index (κ2) is 5.05. The van der Waals surface area contributed by atoms with Crippen molar-refractivity contribution in [2.75, 3.05) is 13.2 Å². The summed E-state index contributed by atoms with van der Waals surface area (Å²) >= 11 is 0. The van der Waals surface area contributed by atoms with Crippen LogP contribution in [0.2, 0.25) is 0 Å². The van der Waals surface area contributed by atoms with Gasteiger partial charge in [0.15, 0.2) is 4.75 Å². The maximum Gasteiger partial charge on any atom is 0.333 e. The predicted molar refractivity (Wildman–Crippen MR) is 73.9 cm³/mol. The fourth-order valence-electron chi connectivity index (χ4n) is 3.79. The molecule has 7 nitrogen and oxygen atoms in total. The summed E-state index contributed by atoms with van der Waals surface area (Å²) in [4.78, 5) is 11.2. The Balaban J connectivity index is 1.60. The number of carbonyl (C=O) groups excluding carboxylic acids is 1. The molecule has 0 aromatic carbocycles. The minimum Gasteiger partial charge on any atom is -0.460 e. The number of hydrogen-bond donors (Lipinski definition) is 0. The third-order valence-corrected chi connectivity index (χ3v) is 6.68. The van der Waals surface area contributed by atoms with E-state index in [-0.39, 0.29) is 37.6 Å². The molecule has 1 heterocycles. The van der Waals surface area contributed by atoms with Gasteiger partial charge in [-0.25, -0.2) is 4.79 Å². The van der Waals surface area contributed by atoms with Gasteiger partial charge in [0, 0.05) is 11.5 Å². The number of carbonyl (C=O) groups is 1. The van der Waals surface area contributed by atoms with Crippen LogP contribution in [0.25, 0.3) is 0 Å². The molecule has 22 heavy (non-hydrogen) atoms. The maximum atomic E-state index is 12.1. The average Bonchev–Trinajstić information content (AvgIpc) is 3.03. The first-order valence-electron chi connectivity index (χ1n) is 7.11. The Morgan fingerprint density at radius 1 is 1.50 bits per heavy atom. The molecule has 2 bridgehead atoms. The third kappa shape index (κ3) is 2.00. The molecule has 0 N–H and O–H groups in total. The van der Waals surface area contributed by atoms with Crippen molar-refractivity contribution < 1.29 is 26.9 Å². The standard InChI is InChI=1S/C14H17NO6S/c1-8(2)13(16)20-4-3-19-11-9-5-10-12(11)21-22(17,18)14(10,6-9)7-15/h9-12H,1,3-6H2,2H3. The SMILES string of the molecule is C=C(C)C(=O)OCCOC1C2CC3C1OS(=O)(=O)C3(C#N)C2. The maximum absolute atomic E-state index is 12.1. The highest BCUT2D eigenvalue weighted by molar-refractivity contribution is 7.88. The Bertz CT molecular complexity index is 665. The van der Waals surface area contributed by atoms with E-state index in [0.29, 0.717) is 12.0 Å². The van der Waals surface area contributed by atoms with E-state index in [1.54, 1.807) is 6.92 Å². The van der Waals surface area contributed by atoms with Crippen LogP contribution in [0.4, 0.5) is 0 Å². The molecule has 2 aliphatic carbocycles.